The normalized spacial score (nSPS) is 10.0. The first-order chi connectivity index (χ1) is 8.52. The zero-order valence-corrected chi connectivity index (χ0v) is 11.1. The highest BCUT2D eigenvalue weighted by Crippen LogP contribution is 2.23. The topological polar surface area (TPSA) is 105 Å². The van der Waals surface area contributed by atoms with Gasteiger partial charge in [0, 0.05) is 9.77 Å². The molecule has 0 aliphatic carbocycles. The number of nitriles is 1. The first-order valence-corrected chi connectivity index (χ1v) is 5.88. The maximum Gasteiger partial charge on any atom is 0.338 e. The molecule has 0 aliphatic rings. The van der Waals surface area contributed by atoms with Crippen LogP contribution in [0.4, 0.5) is 5.69 Å². The molecule has 7 heteroatoms. The Labute approximate surface area is 116 Å². The van der Waals surface area contributed by atoms with Crippen molar-refractivity contribution < 1.29 is 9.90 Å². The SMILES string of the molecule is N#Cc1cc(-n2cc(C(=O)O)cn2)cc(I)c1N. The molecule has 90 valence electrons. The van der Waals surface area contributed by atoms with Crippen LogP contribution in [0.1, 0.15) is 15.9 Å². The smallest absolute Gasteiger partial charge is 0.338 e. The minimum absolute atomic E-state index is 0.0836. The number of carboxylic acid groups (broad SMARTS) is 1. The Balaban J connectivity index is 2.54. The van der Waals surface area contributed by atoms with Gasteiger partial charge in [0.05, 0.1) is 28.7 Å². The molecular formula is C11H7IN4O2. The van der Waals surface area contributed by atoms with Gasteiger partial charge in [0.25, 0.3) is 0 Å². The van der Waals surface area contributed by atoms with E-state index in [9.17, 15) is 4.79 Å². The van der Waals surface area contributed by atoms with Crippen molar-refractivity contribution in [2.75, 3.05) is 5.73 Å². The molecule has 2 aromatic rings. The van der Waals surface area contributed by atoms with Crippen LogP contribution in [0.25, 0.3) is 5.69 Å². The molecule has 3 N–H and O–H groups in total. The Morgan fingerprint density at radius 3 is 2.83 bits per heavy atom. The van der Waals surface area contributed by atoms with E-state index in [0.29, 0.717) is 20.5 Å². The molecule has 0 saturated carbocycles. The summed E-state index contributed by atoms with van der Waals surface area (Å²) >= 11 is 2.01. The van der Waals surface area contributed by atoms with Crippen LogP contribution in [0.2, 0.25) is 0 Å². The van der Waals surface area contributed by atoms with E-state index in [1.807, 2.05) is 28.7 Å². The zero-order chi connectivity index (χ0) is 13.3. The fraction of sp³-hybridized carbons (Fsp3) is 0. The minimum atomic E-state index is -1.05. The van der Waals surface area contributed by atoms with Gasteiger partial charge in [-0.2, -0.15) is 10.4 Å². The van der Waals surface area contributed by atoms with Crippen molar-refractivity contribution in [2.24, 2.45) is 0 Å². The fourth-order valence-electron chi connectivity index (χ4n) is 1.40. The van der Waals surface area contributed by atoms with Crippen LogP contribution in [0.3, 0.4) is 0 Å². The van der Waals surface area contributed by atoms with E-state index in [1.165, 1.54) is 17.1 Å². The summed E-state index contributed by atoms with van der Waals surface area (Å²) in [5.74, 6) is -1.05. The number of nitrogens with two attached hydrogens (primary N) is 1. The van der Waals surface area contributed by atoms with E-state index >= 15 is 0 Å². The first kappa shape index (κ1) is 12.4. The van der Waals surface area contributed by atoms with Crippen LogP contribution in [0.5, 0.6) is 0 Å². The van der Waals surface area contributed by atoms with Crippen molar-refractivity contribution in [1.29, 1.82) is 5.26 Å². The number of aromatic carboxylic acids is 1. The van der Waals surface area contributed by atoms with E-state index in [0.717, 1.165) is 0 Å². The van der Waals surface area contributed by atoms with Crippen LogP contribution in [0.15, 0.2) is 24.5 Å². The number of hydrogen-bond donors (Lipinski definition) is 2. The average Bonchev–Trinajstić information content (AvgIpc) is 2.82. The Morgan fingerprint density at radius 1 is 1.56 bits per heavy atom. The third-order valence-corrected chi connectivity index (χ3v) is 3.22. The Bertz CT molecular complexity index is 672. The zero-order valence-electron chi connectivity index (χ0n) is 8.96. The molecule has 1 heterocycles. The summed E-state index contributed by atoms with van der Waals surface area (Å²) in [7, 11) is 0. The number of hydrogen-bond acceptors (Lipinski definition) is 4. The predicted octanol–water partition coefficient (Wildman–Crippen LogP) is 1.63. The van der Waals surface area contributed by atoms with Gasteiger partial charge < -0.3 is 10.8 Å². The van der Waals surface area contributed by atoms with Crippen LogP contribution < -0.4 is 5.73 Å². The third-order valence-electron chi connectivity index (χ3n) is 2.33. The van der Waals surface area contributed by atoms with Crippen molar-refractivity contribution in [3.63, 3.8) is 0 Å². The van der Waals surface area contributed by atoms with Gasteiger partial charge in [-0.05, 0) is 34.7 Å². The molecule has 0 unspecified atom stereocenters. The standard InChI is InChI=1S/C11H7IN4O2/c12-9-2-8(1-6(3-13)10(9)14)16-5-7(4-15-16)11(17)18/h1-2,4-5H,14H2,(H,17,18). The minimum Gasteiger partial charge on any atom is -0.478 e. The number of halogens is 1. The number of nitrogens with zero attached hydrogens (tertiary/aromatic N) is 3. The lowest BCUT2D eigenvalue weighted by atomic mass is 10.2. The quantitative estimate of drug-likeness (QED) is 0.630. The summed E-state index contributed by atoms with van der Waals surface area (Å²) < 4.78 is 2.11. The molecule has 0 radical (unpaired) electrons. The maximum atomic E-state index is 10.8. The highest BCUT2D eigenvalue weighted by atomic mass is 127. The van der Waals surface area contributed by atoms with Crippen LogP contribution in [-0.4, -0.2) is 20.9 Å². The Hall–Kier alpha value is -2.08. The number of carboxylic acids is 1. The highest BCUT2D eigenvalue weighted by molar-refractivity contribution is 14.1. The van der Waals surface area contributed by atoms with Gasteiger partial charge in [0.1, 0.15) is 6.07 Å². The van der Waals surface area contributed by atoms with Crippen LogP contribution in [0, 0.1) is 14.9 Å². The third kappa shape index (κ3) is 2.14. The largest absolute Gasteiger partial charge is 0.478 e. The second-order valence-corrected chi connectivity index (χ2v) is 4.64. The number of benzene rings is 1. The number of anilines is 1. The summed E-state index contributed by atoms with van der Waals surface area (Å²) in [4.78, 5) is 10.8. The molecule has 0 amide bonds. The lowest BCUT2D eigenvalue weighted by Crippen LogP contribution is -2.00. The van der Waals surface area contributed by atoms with E-state index in [2.05, 4.69) is 5.10 Å². The van der Waals surface area contributed by atoms with Gasteiger partial charge in [-0.3, -0.25) is 0 Å². The molecule has 6 nitrogen and oxygen atoms in total. The van der Waals surface area contributed by atoms with Gasteiger partial charge >= 0.3 is 5.97 Å². The second-order valence-electron chi connectivity index (χ2n) is 3.48. The Kier molecular flexibility index (Phi) is 3.20. The monoisotopic (exact) mass is 354 g/mol. The highest BCUT2D eigenvalue weighted by Gasteiger charge is 2.10. The summed E-state index contributed by atoms with van der Waals surface area (Å²) in [6.45, 7) is 0. The van der Waals surface area contributed by atoms with E-state index in [-0.39, 0.29) is 5.56 Å². The van der Waals surface area contributed by atoms with Gasteiger partial charge in [0.15, 0.2) is 0 Å². The first-order valence-electron chi connectivity index (χ1n) is 4.80. The van der Waals surface area contributed by atoms with Crippen molar-refractivity contribution in [3.8, 4) is 11.8 Å². The molecule has 0 spiro atoms. The average molecular weight is 354 g/mol. The number of rotatable bonds is 2. The van der Waals surface area contributed by atoms with Gasteiger partial charge in [-0.25, -0.2) is 9.48 Å². The maximum absolute atomic E-state index is 10.8. The molecule has 0 atom stereocenters. The molecule has 2 rings (SSSR count). The molecule has 0 aliphatic heterocycles. The van der Waals surface area contributed by atoms with E-state index < -0.39 is 5.97 Å². The molecule has 0 fully saturated rings. The summed E-state index contributed by atoms with van der Waals surface area (Å²) in [5.41, 5.74) is 7.17. The molecule has 0 saturated heterocycles. The summed E-state index contributed by atoms with van der Waals surface area (Å²) in [6.07, 6.45) is 2.63. The van der Waals surface area contributed by atoms with Crippen molar-refractivity contribution in [3.05, 3.63) is 39.2 Å². The number of aromatic nitrogens is 2. The lowest BCUT2D eigenvalue weighted by molar-refractivity contribution is 0.0697. The van der Waals surface area contributed by atoms with Crippen LogP contribution >= 0.6 is 22.6 Å². The van der Waals surface area contributed by atoms with Crippen molar-refractivity contribution in [2.45, 2.75) is 0 Å². The Morgan fingerprint density at radius 2 is 2.28 bits per heavy atom. The fourth-order valence-corrected chi connectivity index (χ4v) is 2.01. The van der Waals surface area contributed by atoms with Gasteiger partial charge in [-0.1, -0.05) is 0 Å². The van der Waals surface area contributed by atoms with Gasteiger partial charge in [0.2, 0.25) is 0 Å². The molecule has 18 heavy (non-hydrogen) atoms. The number of nitrogen functional groups attached to an aromatic ring is 1. The molecule has 0 bridgehead atoms. The van der Waals surface area contributed by atoms with E-state index in [1.54, 1.807) is 12.1 Å². The summed E-state index contributed by atoms with van der Waals surface area (Å²) in [6, 6.07) is 5.29. The van der Waals surface area contributed by atoms with Crippen LogP contribution in [-0.2, 0) is 0 Å². The molecule has 1 aromatic heterocycles. The van der Waals surface area contributed by atoms with E-state index in [4.69, 9.17) is 16.1 Å². The van der Waals surface area contributed by atoms with Crippen molar-refractivity contribution in [1.82, 2.24) is 9.78 Å². The van der Waals surface area contributed by atoms with Crippen molar-refractivity contribution >= 4 is 34.2 Å². The predicted molar refractivity (Wildman–Crippen MR) is 72.4 cm³/mol. The number of carbonyl (C=O) groups is 1. The van der Waals surface area contributed by atoms with Gasteiger partial charge in [-0.15, -0.1) is 0 Å². The second kappa shape index (κ2) is 4.66. The molecular weight excluding hydrogens is 347 g/mol. The summed E-state index contributed by atoms with van der Waals surface area (Å²) in [5, 5.41) is 21.7. The molecule has 1 aromatic carbocycles. The lowest BCUT2D eigenvalue weighted by Gasteiger charge is -2.06.